The van der Waals surface area contributed by atoms with Crippen LogP contribution in [0.2, 0.25) is 0 Å². The maximum absolute atomic E-state index is 13.5. The average molecular weight is 1140 g/mol. The quantitative estimate of drug-likeness (QED) is 0.0212. The van der Waals surface area contributed by atoms with Crippen LogP contribution < -0.4 is 10.2 Å². The summed E-state index contributed by atoms with van der Waals surface area (Å²) in [5.41, 5.74) is 0. The van der Waals surface area contributed by atoms with Gasteiger partial charge >= 0.3 is 5.97 Å². The number of nitrogens with zero attached hydrogens (tertiary/aromatic N) is 1. The van der Waals surface area contributed by atoms with Gasteiger partial charge in [-0.2, -0.15) is 0 Å². The second kappa shape index (κ2) is 58.9. The van der Waals surface area contributed by atoms with Gasteiger partial charge in [0.05, 0.1) is 33.8 Å². The molecule has 0 heterocycles. The molecule has 0 bridgehead atoms. The van der Waals surface area contributed by atoms with Crippen molar-refractivity contribution in [3.8, 4) is 0 Å². The van der Waals surface area contributed by atoms with Crippen molar-refractivity contribution in [2.75, 3.05) is 40.9 Å². The SMILES string of the molecule is CC/C=C/C/C=C/C/C=C/C/C=C/CCCCCC(=O)NC(COP(=O)([O-])OCC[N+](C)(C)C)C(/C=C\CCCCCCCCCCC)OC(=O)CCCCCCCCCCCCC/C=C\C/C=C\C/C=C\C/C=C\CCCCC. The van der Waals surface area contributed by atoms with Gasteiger partial charge in [-0.1, -0.05) is 252 Å². The number of hydrogen-bond acceptors (Lipinski definition) is 7. The monoisotopic (exact) mass is 1130 g/mol. The van der Waals surface area contributed by atoms with Crippen LogP contribution in [-0.2, 0) is 27.9 Å². The van der Waals surface area contributed by atoms with Crippen molar-refractivity contribution >= 4 is 19.7 Å². The fraction of sp³-hybridized carbons (Fsp3) is 0.714. The van der Waals surface area contributed by atoms with Crippen LogP contribution >= 0.6 is 7.82 Å². The molecular formula is C70H123N2O7P. The number of nitrogens with one attached hydrogen (secondary N) is 1. The van der Waals surface area contributed by atoms with Crippen molar-refractivity contribution in [1.82, 2.24) is 5.32 Å². The average Bonchev–Trinajstić information content (AvgIpc) is 3.43. The fourth-order valence-corrected chi connectivity index (χ4v) is 9.63. The third kappa shape index (κ3) is 59.3. The molecule has 3 atom stereocenters. The highest BCUT2D eigenvalue weighted by Crippen LogP contribution is 2.38. The molecule has 0 fully saturated rings. The summed E-state index contributed by atoms with van der Waals surface area (Å²) in [4.78, 5) is 40.0. The number of phosphoric acid groups is 1. The van der Waals surface area contributed by atoms with Gasteiger partial charge in [-0.3, -0.25) is 14.2 Å². The van der Waals surface area contributed by atoms with Crippen LogP contribution in [0.15, 0.2) is 109 Å². The molecule has 0 aliphatic rings. The van der Waals surface area contributed by atoms with Crippen molar-refractivity contribution in [2.45, 2.75) is 283 Å². The van der Waals surface area contributed by atoms with E-state index in [1.807, 2.05) is 33.3 Å². The predicted octanol–water partition coefficient (Wildman–Crippen LogP) is 19.9. The molecule has 0 aliphatic carbocycles. The number of rotatable bonds is 58. The van der Waals surface area contributed by atoms with E-state index in [0.717, 1.165) is 109 Å². The topological polar surface area (TPSA) is 114 Å². The summed E-state index contributed by atoms with van der Waals surface area (Å²) in [5.74, 6) is -0.585. The number of hydrogen-bond donors (Lipinski definition) is 1. The Morgan fingerprint density at radius 2 is 0.800 bits per heavy atom. The third-order valence-electron chi connectivity index (χ3n) is 13.9. The molecule has 3 unspecified atom stereocenters. The Hall–Kier alpha value is -3.33. The molecule has 0 saturated carbocycles. The van der Waals surface area contributed by atoms with E-state index in [0.29, 0.717) is 17.4 Å². The van der Waals surface area contributed by atoms with Crippen LogP contribution in [0.3, 0.4) is 0 Å². The zero-order valence-electron chi connectivity index (χ0n) is 52.5. The van der Waals surface area contributed by atoms with Crippen molar-refractivity contribution < 1.29 is 37.3 Å². The van der Waals surface area contributed by atoms with E-state index in [1.54, 1.807) is 0 Å². The molecule has 80 heavy (non-hydrogen) atoms. The number of quaternary nitrogens is 1. The lowest BCUT2D eigenvalue weighted by Crippen LogP contribution is -2.47. The molecule has 0 rings (SSSR count). The molecule has 10 heteroatoms. The van der Waals surface area contributed by atoms with Crippen molar-refractivity contribution in [3.63, 3.8) is 0 Å². The number of likely N-dealkylation sites (N-methyl/N-ethyl adjacent to an activating group) is 1. The standard InChI is InChI=1S/C70H123N2O7P/c1-7-10-13-16-19-22-25-27-29-31-32-33-34-35-36-37-38-39-40-41-43-45-48-51-54-57-60-63-70(74)79-68(61-58-55-52-49-46-24-21-18-15-12-9-3)67(66-78-80(75,76)77-65-64-72(4,5)6)71-69(73)62-59-56-53-50-47-44-42-30-28-26-23-20-17-14-11-8-2/h11,14,19-20,22-23,27-30,32-33,35-36,44,47,58,61,67-68H,7-10,12-13,15-18,21,24-26,31,34,37-43,45-46,48-57,59-60,62-66H2,1-6H3,(H-,71,73,75,76)/b14-11+,22-19-,23-20+,29-27-,30-28+,33-32-,36-35-,47-44+,61-58-. The number of allylic oxidation sites excluding steroid dienone is 17. The Kier molecular flexibility index (Phi) is 56.4. The Balaban J connectivity index is 5.11. The second-order valence-corrected chi connectivity index (χ2v) is 24.3. The minimum absolute atomic E-state index is 0.0342. The first-order valence-corrected chi connectivity index (χ1v) is 34.2. The molecule has 1 amide bonds. The molecule has 0 spiro atoms. The fourth-order valence-electron chi connectivity index (χ4n) is 8.91. The Labute approximate surface area is 493 Å². The zero-order valence-corrected chi connectivity index (χ0v) is 53.4. The molecule has 0 aromatic rings. The first-order valence-electron chi connectivity index (χ1n) is 32.7. The van der Waals surface area contributed by atoms with Crippen LogP contribution in [0.4, 0.5) is 0 Å². The summed E-state index contributed by atoms with van der Waals surface area (Å²) >= 11 is 0. The number of carbonyl (C=O) groups excluding carboxylic acids is 2. The van der Waals surface area contributed by atoms with Gasteiger partial charge in [0.2, 0.25) is 5.91 Å². The van der Waals surface area contributed by atoms with Gasteiger partial charge in [0.1, 0.15) is 19.3 Å². The van der Waals surface area contributed by atoms with Crippen LogP contribution in [0.25, 0.3) is 0 Å². The van der Waals surface area contributed by atoms with E-state index >= 15 is 0 Å². The van der Waals surface area contributed by atoms with Gasteiger partial charge in [0.25, 0.3) is 7.82 Å². The number of carbonyl (C=O) groups is 2. The molecule has 0 radical (unpaired) electrons. The first-order chi connectivity index (χ1) is 38.9. The maximum atomic E-state index is 13.5. The summed E-state index contributed by atoms with van der Waals surface area (Å²) in [6.45, 7) is 6.66. The van der Waals surface area contributed by atoms with E-state index in [2.05, 4.69) is 123 Å². The lowest BCUT2D eigenvalue weighted by Gasteiger charge is -2.30. The minimum atomic E-state index is -4.71. The molecule has 0 aromatic heterocycles. The lowest BCUT2D eigenvalue weighted by atomic mass is 10.0. The smallest absolute Gasteiger partial charge is 0.306 e. The van der Waals surface area contributed by atoms with Gasteiger partial charge < -0.3 is 28.5 Å². The molecule has 9 nitrogen and oxygen atoms in total. The number of ether oxygens (including phenoxy) is 1. The van der Waals surface area contributed by atoms with Crippen molar-refractivity contribution in [3.05, 3.63) is 109 Å². The number of esters is 1. The maximum Gasteiger partial charge on any atom is 0.306 e. The molecule has 460 valence electrons. The van der Waals surface area contributed by atoms with Crippen LogP contribution in [0.5, 0.6) is 0 Å². The van der Waals surface area contributed by atoms with Gasteiger partial charge in [0, 0.05) is 12.8 Å². The van der Waals surface area contributed by atoms with E-state index in [4.69, 9.17) is 13.8 Å². The van der Waals surface area contributed by atoms with Gasteiger partial charge in [0.15, 0.2) is 0 Å². The Bertz CT molecular complexity index is 1740. The van der Waals surface area contributed by atoms with Crippen LogP contribution in [-0.4, -0.2) is 69.4 Å². The number of amides is 1. The lowest BCUT2D eigenvalue weighted by molar-refractivity contribution is -0.870. The normalized spacial score (nSPS) is 14.3. The second-order valence-electron chi connectivity index (χ2n) is 22.9. The molecule has 0 aliphatic heterocycles. The number of unbranched alkanes of at least 4 members (excludes halogenated alkanes) is 26. The van der Waals surface area contributed by atoms with Crippen molar-refractivity contribution in [2.24, 2.45) is 0 Å². The molecule has 0 aromatic carbocycles. The van der Waals surface area contributed by atoms with Crippen LogP contribution in [0.1, 0.15) is 271 Å². The van der Waals surface area contributed by atoms with E-state index < -0.39 is 26.6 Å². The van der Waals surface area contributed by atoms with Gasteiger partial charge in [-0.25, -0.2) is 0 Å². The molecular weight excluding hydrogens is 1010 g/mol. The summed E-state index contributed by atoms with van der Waals surface area (Å²) in [7, 11) is 1.15. The van der Waals surface area contributed by atoms with Crippen LogP contribution in [0, 0.1) is 0 Å². The van der Waals surface area contributed by atoms with E-state index in [9.17, 15) is 19.0 Å². The van der Waals surface area contributed by atoms with Crippen molar-refractivity contribution in [1.29, 1.82) is 0 Å². The van der Waals surface area contributed by atoms with Gasteiger partial charge in [-0.15, -0.1) is 0 Å². The van der Waals surface area contributed by atoms with E-state index in [-0.39, 0.29) is 31.3 Å². The number of phosphoric ester groups is 1. The molecule has 1 N–H and O–H groups in total. The highest BCUT2D eigenvalue weighted by molar-refractivity contribution is 7.45. The summed E-state index contributed by atoms with van der Waals surface area (Å²) in [5, 5.41) is 3.01. The summed E-state index contributed by atoms with van der Waals surface area (Å²) < 4.78 is 30.3. The first kappa shape index (κ1) is 76.7. The zero-order chi connectivity index (χ0) is 58.6. The highest BCUT2D eigenvalue weighted by atomic mass is 31.2. The largest absolute Gasteiger partial charge is 0.756 e. The highest BCUT2D eigenvalue weighted by Gasteiger charge is 2.27. The third-order valence-corrected chi connectivity index (χ3v) is 14.9. The van der Waals surface area contributed by atoms with Gasteiger partial charge in [-0.05, 0) is 115 Å². The predicted molar refractivity (Wildman–Crippen MR) is 344 cm³/mol. The summed E-state index contributed by atoms with van der Waals surface area (Å²) in [6, 6.07) is -0.912. The Morgan fingerprint density at radius 3 is 1.24 bits per heavy atom. The summed E-state index contributed by atoms with van der Waals surface area (Å²) in [6.07, 6.45) is 80.7. The van der Waals surface area contributed by atoms with E-state index in [1.165, 1.54) is 122 Å². The molecule has 0 saturated heterocycles. The Morgan fingerprint density at radius 1 is 0.450 bits per heavy atom. The minimum Gasteiger partial charge on any atom is -0.756 e.